The van der Waals surface area contributed by atoms with E-state index in [1.54, 1.807) is 0 Å². The Morgan fingerprint density at radius 2 is 2.21 bits per heavy atom. The minimum absolute atomic E-state index is 0.524. The molecule has 2 heterocycles. The van der Waals surface area contributed by atoms with Crippen LogP contribution in [0.25, 0.3) is 11.0 Å². The maximum absolute atomic E-state index is 5.51. The molecule has 74 valence electrons. The van der Waals surface area contributed by atoms with Crippen molar-refractivity contribution >= 4 is 11.0 Å². The molecular formula is C11H14N2O. The second-order valence-electron chi connectivity index (χ2n) is 3.77. The molecule has 3 nitrogen and oxygen atoms in total. The fourth-order valence-corrected chi connectivity index (χ4v) is 1.24. The normalized spacial score (nSPS) is 11.1. The van der Waals surface area contributed by atoms with Crippen molar-refractivity contribution < 1.29 is 4.74 Å². The summed E-state index contributed by atoms with van der Waals surface area (Å²) in [4.78, 5) is 7.39. The molecule has 14 heavy (non-hydrogen) atoms. The van der Waals surface area contributed by atoms with E-state index in [0.717, 1.165) is 11.0 Å². The summed E-state index contributed by atoms with van der Waals surface area (Å²) in [7, 11) is 0. The summed E-state index contributed by atoms with van der Waals surface area (Å²) in [6, 6.07) is 5.90. The Hall–Kier alpha value is -1.51. The third-order valence-electron chi connectivity index (χ3n) is 1.95. The number of hydrogen-bond acceptors (Lipinski definition) is 2. The van der Waals surface area contributed by atoms with Crippen molar-refractivity contribution in [1.29, 1.82) is 0 Å². The maximum Gasteiger partial charge on any atom is 0.215 e. The van der Waals surface area contributed by atoms with E-state index in [1.807, 2.05) is 24.4 Å². The summed E-state index contributed by atoms with van der Waals surface area (Å²) in [5, 5.41) is 1.11. The van der Waals surface area contributed by atoms with Crippen LogP contribution in [0.15, 0.2) is 24.4 Å². The van der Waals surface area contributed by atoms with E-state index in [1.165, 1.54) is 0 Å². The topological polar surface area (TPSA) is 37.9 Å². The lowest BCUT2D eigenvalue weighted by Crippen LogP contribution is -2.05. The fourth-order valence-electron chi connectivity index (χ4n) is 1.24. The number of fused-ring (bicyclic) bond motifs is 1. The quantitative estimate of drug-likeness (QED) is 0.807. The van der Waals surface area contributed by atoms with Gasteiger partial charge in [-0.05, 0) is 18.1 Å². The van der Waals surface area contributed by atoms with Crippen LogP contribution in [0.3, 0.4) is 0 Å². The molecule has 0 spiro atoms. The summed E-state index contributed by atoms with van der Waals surface area (Å²) in [6.07, 6.45) is 1.88. The Morgan fingerprint density at radius 1 is 1.36 bits per heavy atom. The number of hydrogen-bond donors (Lipinski definition) is 1. The van der Waals surface area contributed by atoms with Crippen molar-refractivity contribution in [1.82, 2.24) is 9.97 Å². The number of pyridine rings is 1. The minimum atomic E-state index is 0.524. The van der Waals surface area contributed by atoms with Crippen LogP contribution in [0.2, 0.25) is 0 Å². The van der Waals surface area contributed by atoms with Crippen LogP contribution in [-0.2, 0) is 0 Å². The van der Waals surface area contributed by atoms with Gasteiger partial charge in [-0.25, -0.2) is 0 Å². The van der Waals surface area contributed by atoms with Crippen LogP contribution >= 0.6 is 0 Å². The molecule has 1 N–H and O–H groups in total. The van der Waals surface area contributed by atoms with Crippen molar-refractivity contribution in [3.63, 3.8) is 0 Å². The number of ether oxygens (including phenoxy) is 1. The summed E-state index contributed by atoms with van der Waals surface area (Å²) in [5.74, 6) is 1.21. The SMILES string of the molecule is CC(C)COc1ccc2cc[nH]c2n1. The van der Waals surface area contributed by atoms with Gasteiger partial charge in [-0.1, -0.05) is 13.8 Å². The van der Waals surface area contributed by atoms with Gasteiger partial charge >= 0.3 is 0 Å². The Balaban J connectivity index is 2.17. The Labute approximate surface area is 83.1 Å². The highest BCUT2D eigenvalue weighted by atomic mass is 16.5. The van der Waals surface area contributed by atoms with Gasteiger partial charge in [-0.2, -0.15) is 4.98 Å². The van der Waals surface area contributed by atoms with Crippen molar-refractivity contribution in [2.24, 2.45) is 5.92 Å². The van der Waals surface area contributed by atoms with Gasteiger partial charge in [-0.3, -0.25) is 0 Å². The Morgan fingerprint density at radius 3 is 3.00 bits per heavy atom. The van der Waals surface area contributed by atoms with Gasteiger partial charge in [0.05, 0.1) is 6.61 Å². The Bertz CT molecular complexity index is 420. The predicted octanol–water partition coefficient (Wildman–Crippen LogP) is 2.60. The van der Waals surface area contributed by atoms with Gasteiger partial charge in [-0.15, -0.1) is 0 Å². The number of H-pyrrole nitrogens is 1. The van der Waals surface area contributed by atoms with E-state index in [0.29, 0.717) is 18.4 Å². The summed E-state index contributed by atoms with van der Waals surface area (Å²) >= 11 is 0. The molecule has 0 fully saturated rings. The van der Waals surface area contributed by atoms with Crippen molar-refractivity contribution in [3.8, 4) is 5.88 Å². The van der Waals surface area contributed by atoms with Crippen LogP contribution in [0.4, 0.5) is 0 Å². The minimum Gasteiger partial charge on any atom is -0.477 e. The van der Waals surface area contributed by atoms with Crippen molar-refractivity contribution in [2.75, 3.05) is 6.61 Å². The molecule has 0 aliphatic carbocycles. The maximum atomic E-state index is 5.51. The lowest BCUT2D eigenvalue weighted by molar-refractivity contribution is 0.262. The highest BCUT2D eigenvalue weighted by Crippen LogP contribution is 2.15. The molecule has 0 aromatic carbocycles. The highest BCUT2D eigenvalue weighted by Gasteiger charge is 2.00. The average Bonchev–Trinajstić information content (AvgIpc) is 2.61. The number of aromatic amines is 1. The first-order chi connectivity index (χ1) is 6.75. The second kappa shape index (κ2) is 3.70. The molecule has 0 bridgehead atoms. The van der Waals surface area contributed by atoms with Gasteiger partial charge in [0.15, 0.2) is 0 Å². The standard InChI is InChI=1S/C11H14N2O/c1-8(2)7-14-10-4-3-9-5-6-12-11(9)13-10/h3-6,8H,7H2,1-2H3,(H,12,13). The third kappa shape index (κ3) is 1.87. The third-order valence-corrected chi connectivity index (χ3v) is 1.95. The van der Waals surface area contributed by atoms with Crippen LogP contribution in [0.5, 0.6) is 5.88 Å². The molecular weight excluding hydrogens is 176 g/mol. The molecule has 2 aromatic heterocycles. The number of aromatic nitrogens is 2. The molecule has 2 rings (SSSR count). The van der Waals surface area contributed by atoms with Gasteiger partial charge < -0.3 is 9.72 Å². The molecule has 3 heteroatoms. The fraction of sp³-hybridized carbons (Fsp3) is 0.364. The number of nitrogens with one attached hydrogen (secondary N) is 1. The number of rotatable bonds is 3. The highest BCUT2D eigenvalue weighted by molar-refractivity contribution is 5.75. The summed E-state index contributed by atoms with van der Waals surface area (Å²) in [6.45, 7) is 4.94. The molecule has 0 saturated carbocycles. The van der Waals surface area contributed by atoms with E-state index in [9.17, 15) is 0 Å². The molecule has 0 radical (unpaired) electrons. The van der Waals surface area contributed by atoms with Gasteiger partial charge in [0.25, 0.3) is 0 Å². The molecule has 2 aromatic rings. The average molecular weight is 190 g/mol. The van der Waals surface area contributed by atoms with Crippen LogP contribution in [0, 0.1) is 5.92 Å². The monoisotopic (exact) mass is 190 g/mol. The summed E-state index contributed by atoms with van der Waals surface area (Å²) < 4.78 is 5.51. The van der Waals surface area contributed by atoms with Crippen molar-refractivity contribution in [2.45, 2.75) is 13.8 Å². The largest absolute Gasteiger partial charge is 0.477 e. The van der Waals surface area contributed by atoms with E-state index < -0.39 is 0 Å². The lowest BCUT2D eigenvalue weighted by atomic mass is 10.2. The zero-order valence-electron chi connectivity index (χ0n) is 8.45. The zero-order chi connectivity index (χ0) is 9.97. The first-order valence-electron chi connectivity index (χ1n) is 4.82. The molecule has 0 aliphatic heterocycles. The molecule has 0 aliphatic rings. The summed E-state index contributed by atoms with van der Waals surface area (Å²) in [5.41, 5.74) is 0.881. The van der Waals surface area contributed by atoms with E-state index in [2.05, 4.69) is 23.8 Å². The number of nitrogens with zero attached hydrogens (tertiary/aromatic N) is 1. The molecule has 0 atom stereocenters. The lowest BCUT2D eigenvalue weighted by Gasteiger charge is -2.06. The second-order valence-corrected chi connectivity index (χ2v) is 3.77. The van der Waals surface area contributed by atoms with Gasteiger partial charge in [0.2, 0.25) is 5.88 Å². The van der Waals surface area contributed by atoms with E-state index >= 15 is 0 Å². The molecule has 0 saturated heterocycles. The molecule has 0 unspecified atom stereocenters. The zero-order valence-corrected chi connectivity index (χ0v) is 8.45. The first kappa shape index (κ1) is 9.06. The predicted molar refractivity (Wildman–Crippen MR) is 56.4 cm³/mol. The van der Waals surface area contributed by atoms with Gasteiger partial charge in [0, 0.05) is 17.6 Å². The van der Waals surface area contributed by atoms with Crippen LogP contribution in [0.1, 0.15) is 13.8 Å². The molecule has 0 amide bonds. The van der Waals surface area contributed by atoms with E-state index in [4.69, 9.17) is 4.74 Å². The van der Waals surface area contributed by atoms with Crippen LogP contribution < -0.4 is 4.74 Å². The first-order valence-corrected chi connectivity index (χ1v) is 4.82. The Kier molecular flexibility index (Phi) is 2.39. The van der Waals surface area contributed by atoms with Crippen LogP contribution in [-0.4, -0.2) is 16.6 Å². The van der Waals surface area contributed by atoms with Crippen molar-refractivity contribution in [3.05, 3.63) is 24.4 Å². The van der Waals surface area contributed by atoms with E-state index in [-0.39, 0.29) is 0 Å². The smallest absolute Gasteiger partial charge is 0.215 e. The van der Waals surface area contributed by atoms with Gasteiger partial charge in [0.1, 0.15) is 5.65 Å².